The summed E-state index contributed by atoms with van der Waals surface area (Å²) in [6.45, 7) is 0.0503. The first-order valence-corrected chi connectivity index (χ1v) is 7.55. The summed E-state index contributed by atoms with van der Waals surface area (Å²) in [6.07, 6.45) is 1.41. The molecule has 0 aliphatic carbocycles. The highest BCUT2D eigenvalue weighted by Crippen LogP contribution is 2.33. The van der Waals surface area contributed by atoms with E-state index in [-0.39, 0.29) is 18.7 Å². The van der Waals surface area contributed by atoms with Gasteiger partial charge in [-0.1, -0.05) is 0 Å². The average molecular weight is 366 g/mol. The summed E-state index contributed by atoms with van der Waals surface area (Å²) in [7, 11) is 1.52. The van der Waals surface area contributed by atoms with E-state index in [4.69, 9.17) is 4.74 Å². The van der Waals surface area contributed by atoms with Crippen LogP contribution in [0.25, 0.3) is 11.4 Å². The van der Waals surface area contributed by atoms with Crippen LogP contribution in [0.15, 0.2) is 43.0 Å². The number of nitrogens with zero attached hydrogens (tertiary/aromatic N) is 4. The maximum atomic E-state index is 13.5. The van der Waals surface area contributed by atoms with Gasteiger partial charge in [-0.3, -0.25) is 0 Å². The lowest BCUT2D eigenvalue weighted by molar-refractivity contribution is -0.138. The van der Waals surface area contributed by atoms with Gasteiger partial charge in [0, 0.05) is 38.4 Å². The Morgan fingerprint density at radius 2 is 1.85 bits per heavy atom. The van der Waals surface area contributed by atoms with Crippen molar-refractivity contribution in [2.75, 3.05) is 7.11 Å². The molecule has 0 saturated heterocycles. The predicted octanol–water partition coefficient (Wildman–Crippen LogP) is 3.69. The van der Waals surface area contributed by atoms with Gasteiger partial charge in [0.15, 0.2) is 5.82 Å². The second-order valence-electron chi connectivity index (χ2n) is 5.50. The van der Waals surface area contributed by atoms with Crippen molar-refractivity contribution in [1.29, 1.82) is 0 Å². The highest BCUT2D eigenvalue weighted by Gasteiger charge is 2.33. The van der Waals surface area contributed by atoms with Gasteiger partial charge in [-0.05, 0) is 23.8 Å². The smallest absolute Gasteiger partial charge is 0.377 e. The molecule has 136 valence electrons. The molecule has 0 saturated carbocycles. The van der Waals surface area contributed by atoms with Gasteiger partial charge in [-0.15, -0.1) is 0 Å². The van der Waals surface area contributed by atoms with Crippen LogP contribution in [0.5, 0.6) is 0 Å². The third-order valence-corrected chi connectivity index (χ3v) is 3.67. The van der Waals surface area contributed by atoms with Crippen LogP contribution < -0.4 is 0 Å². The highest BCUT2D eigenvalue weighted by molar-refractivity contribution is 5.53. The summed E-state index contributed by atoms with van der Waals surface area (Å²) in [5.74, 6) is 0.118. The van der Waals surface area contributed by atoms with Gasteiger partial charge in [0.1, 0.15) is 18.2 Å². The first-order chi connectivity index (χ1) is 12.4. The molecule has 0 aliphatic rings. The minimum absolute atomic E-state index is 0.186. The number of hydrogen-bond donors (Lipinski definition) is 0. The molecule has 2 heterocycles. The van der Waals surface area contributed by atoms with Crippen LogP contribution in [-0.4, -0.2) is 26.6 Å². The van der Waals surface area contributed by atoms with Gasteiger partial charge in [-0.25, -0.2) is 19.3 Å². The molecule has 0 unspecified atom stereocenters. The van der Waals surface area contributed by atoms with Crippen LogP contribution in [0.4, 0.5) is 17.6 Å². The Hall–Kier alpha value is -2.81. The third kappa shape index (κ3) is 3.88. The number of ether oxygens (including phenoxy) is 1. The number of halogens is 4. The van der Waals surface area contributed by atoms with Crippen molar-refractivity contribution in [3.05, 3.63) is 65.8 Å². The summed E-state index contributed by atoms with van der Waals surface area (Å²) in [6, 6.07) is 2.41. The molecular formula is C17H14F4N4O. The average Bonchev–Trinajstić information content (AvgIpc) is 3.03. The number of hydrogen-bond acceptors (Lipinski definition) is 4. The molecule has 0 amide bonds. The number of benzene rings is 1. The SMILES string of the molecule is COCc1ncc(-c2nccn2Cc2cc(F)ccc2C(F)(F)F)cn1. The Labute approximate surface area is 146 Å². The maximum Gasteiger partial charge on any atom is 0.416 e. The molecule has 1 aromatic carbocycles. The second kappa shape index (κ2) is 7.20. The van der Waals surface area contributed by atoms with Crippen molar-refractivity contribution in [1.82, 2.24) is 19.5 Å². The molecule has 3 rings (SSSR count). The highest BCUT2D eigenvalue weighted by atomic mass is 19.4. The van der Waals surface area contributed by atoms with Crippen molar-refractivity contribution >= 4 is 0 Å². The first-order valence-electron chi connectivity index (χ1n) is 7.55. The van der Waals surface area contributed by atoms with Gasteiger partial charge in [0.2, 0.25) is 0 Å². The minimum Gasteiger partial charge on any atom is -0.377 e. The Balaban J connectivity index is 1.94. The molecule has 3 aromatic rings. The minimum atomic E-state index is -4.57. The van der Waals surface area contributed by atoms with E-state index in [9.17, 15) is 17.6 Å². The van der Waals surface area contributed by atoms with Crippen LogP contribution in [0.2, 0.25) is 0 Å². The van der Waals surface area contributed by atoms with Crippen molar-refractivity contribution in [2.24, 2.45) is 0 Å². The normalized spacial score (nSPS) is 11.7. The van der Waals surface area contributed by atoms with Crippen LogP contribution in [0, 0.1) is 5.82 Å². The zero-order valence-corrected chi connectivity index (χ0v) is 13.7. The van der Waals surface area contributed by atoms with Crippen LogP contribution in [0.1, 0.15) is 17.0 Å². The number of methoxy groups -OCH3 is 1. The summed E-state index contributed by atoms with van der Waals surface area (Å²) >= 11 is 0. The fourth-order valence-corrected chi connectivity index (χ4v) is 2.52. The predicted molar refractivity (Wildman–Crippen MR) is 84.5 cm³/mol. The third-order valence-electron chi connectivity index (χ3n) is 3.67. The van der Waals surface area contributed by atoms with Gasteiger partial charge in [0.05, 0.1) is 11.1 Å². The van der Waals surface area contributed by atoms with Crippen LogP contribution in [0.3, 0.4) is 0 Å². The Morgan fingerprint density at radius 3 is 2.50 bits per heavy atom. The largest absolute Gasteiger partial charge is 0.416 e. The Bertz CT molecular complexity index is 891. The molecule has 0 N–H and O–H groups in total. The lowest BCUT2D eigenvalue weighted by Crippen LogP contribution is -2.12. The molecule has 0 bridgehead atoms. The van der Waals surface area contributed by atoms with Gasteiger partial charge in [-0.2, -0.15) is 13.2 Å². The second-order valence-corrected chi connectivity index (χ2v) is 5.50. The van der Waals surface area contributed by atoms with Crippen molar-refractivity contribution in [2.45, 2.75) is 19.3 Å². The Morgan fingerprint density at radius 1 is 1.12 bits per heavy atom. The fourth-order valence-electron chi connectivity index (χ4n) is 2.52. The Kier molecular flexibility index (Phi) is 4.99. The first kappa shape index (κ1) is 18.0. The molecule has 0 atom stereocenters. The zero-order valence-electron chi connectivity index (χ0n) is 13.7. The van der Waals surface area contributed by atoms with E-state index in [1.807, 2.05) is 0 Å². The van der Waals surface area contributed by atoms with Crippen molar-refractivity contribution < 1.29 is 22.3 Å². The summed E-state index contributed by atoms with van der Waals surface area (Å²) in [5, 5.41) is 0. The molecule has 5 nitrogen and oxygen atoms in total. The molecule has 0 radical (unpaired) electrons. The van der Waals surface area contributed by atoms with E-state index in [1.54, 1.807) is 0 Å². The van der Waals surface area contributed by atoms with E-state index in [0.29, 0.717) is 17.2 Å². The quantitative estimate of drug-likeness (QED) is 0.647. The lowest BCUT2D eigenvalue weighted by atomic mass is 10.1. The number of imidazole rings is 1. The topological polar surface area (TPSA) is 52.8 Å². The molecule has 2 aromatic heterocycles. The van der Waals surface area contributed by atoms with E-state index < -0.39 is 17.6 Å². The number of alkyl halides is 3. The molecule has 26 heavy (non-hydrogen) atoms. The molecule has 0 aliphatic heterocycles. The summed E-state index contributed by atoms with van der Waals surface area (Å²) in [5.41, 5.74) is -0.543. The monoisotopic (exact) mass is 366 g/mol. The van der Waals surface area contributed by atoms with E-state index in [0.717, 1.165) is 18.2 Å². The van der Waals surface area contributed by atoms with Gasteiger partial charge < -0.3 is 9.30 Å². The fraction of sp³-hybridized carbons (Fsp3) is 0.235. The van der Waals surface area contributed by atoms with E-state index in [2.05, 4.69) is 15.0 Å². The molecule has 0 fully saturated rings. The van der Waals surface area contributed by atoms with Gasteiger partial charge >= 0.3 is 6.18 Å². The standard InChI is InChI=1S/C17H14F4N4O/c1-26-10-15-23-7-12(8-24-15)16-22-4-5-25(16)9-11-6-13(18)2-3-14(11)17(19,20)21/h2-8H,9-10H2,1H3. The van der Waals surface area contributed by atoms with Crippen LogP contribution in [-0.2, 0) is 24.1 Å². The van der Waals surface area contributed by atoms with E-state index in [1.165, 1.54) is 36.5 Å². The number of rotatable bonds is 5. The number of aromatic nitrogens is 4. The van der Waals surface area contributed by atoms with E-state index >= 15 is 0 Å². The lowest BCUT2D eigenvalue weighted by Gasteiger charge is -2.14. The van der Waals surface area contributed by atoms with Gasteiger partial charge in [0.25, 0.3) is 0 Å². The summed E-state index contributed by atoms with van der Waals surface area (Å²) in [4.78, 5) is 12.4. The van der Waals surface area contributed by atoms with Crippen LogP contribution >= 0.6 is 0 Å². The van der Waals surface area contributed by atoms with Crippen molar-refractivity contribution in [3.63, 3.8) is 0 Å². The van der Waals surface area contributed by atoms with Crippen molar-refractivity contribution in [3.8, 4) is 11.4 Å². The molecule has 9 heteroatoms. The maximum absolute atomic E-state index is 13.5. The summed E-state index contributed by atoms with van der Waals surface area (Å²) < 4.78 is 59.4. The zero-order chi connectivity index (χ0) is 18.7. The molecular weight excluding hydrogens is 352 g/mol. The molecule has 0 spiro atoms.